The number of hydrogen-bond acceptors (Lipinski definition) is 4. The molecule has 5 nitrogen and oxygen atoms in total. The predicted octanol–water partition coefficient (Wildman–Crippen LogP) is 1.50. The summed E-state index contributed by atoms with van der Waals surface area (Å²) in [6.07, 6.45) is 8.78. The Morgan fingerprint density at radius 1 is 1.39 bits per heavy atom. The summed E-state index contributed by atoms with van der Waals surface area (Å²) in [5.74, 6) is 0. The second kappa shape index (κ2) is 4.60. The van der Waals surface area contributed by atoms with Gasteiger partial charge in [-0.05, 0) is 35.2 Å². The number of aliphatic hydroxyl groups is 1. The van der Waals surface area contributed by atoms with Crippen molar-refractivity contribution < 1.29 is 5.11 Å². The van der Waals surface area contributed by atoms with Gasteiger partial charge in [-0.15, -0.1) is 0 Å². The minimum atomic E-state index is -0.0750. The van der Waals surface area contributed by atoms with Crippen LogP contribution in [-0.2, 0) is 6.54 Å². The number of halogens is 1. The summed E-state index contributed by atoms with van der Waals surface area (Å²) in [4.78, 5) is 8.45. The van der Waals surface area contributed by atoms with Crippen LogP contribution in [0.25, 0.3) is 5.65 Å². The van der Waals surface area contributed by atoms with Crippen molar-refractivity contribution >= 4 is 21.6 Å². The van der Waals surface area contributed by atoms with E-state index in [1.165, 1.54) is 6.42 Å². The maximum absolute atomic E-state index is 9.42. The van der Waals surface area contributed by atoms with Crippen molar-refractivity contribution in [3.05, 3.63) is 28.9 Å². The summed E-state index contributed by atoms with van der Waals surface area (Å²) >= 11 is 3.36. The van der Waals surface area contributed by atoms with Crippen molar-refractivity contribution in [2.75, 3.05) is 6.61 Å². The molecule has 2 aromatic heterocycles. The first-order valence-corrected chi connectivity index (χ1v) is 6.85. The third-order valence-corrected chi connectivity index (χ3v) is 4.11. The number of aromatic nitrogens is 3. The standard InChI is InChI=1S/C12H15BrN4O/c13-10-7-17-9(4-15-11(17)6-14-10)5-16-12(8-18)2-1-3-12/h4,6-7,16,18H,1-3,5,8H2. The SMILES string of the molecule is OCC1(NCc2cnc3cnc(Br)cn23)CCC1. The third-order valence-electron chi connectivity index (χ3n) is 3.70. The number of hydrogen-bond donors (Lipinski definition) is 2. The fourth-order valence-corrected chi connectivity index (χ4v) is 2.63. The lowest BCUT2D eigenvalue weighted by Gasteiger charge is -2.41. The van der Waals surface area contributed by atoms with Gasteiger partial charge in [-0.1, -0.05) is 0 Å². The van der Waals surface area contributed by atoms with Crippen LogP contribution in [0.3, 0.4) is 0 Å². The summed E-state index contributed by atoms with van der Waals surface area (Å²) < 4.78 is 2.79. The van der Waals surface area contributed by atoms with E-state index in [9.17, 15) is 5.11 Å². The monoisotopic (exact) mass is 310 g/mol. The molecule has 0 spiro atoms. The molecule has 0 atom stereocenters. The molecular formula is C12H15BrN4O. The lowest BCUT2D eigenvalue weighted by Crippen LogP contribution is -2.53. The molecular weight excluding hydrogens is 296 g/mol. The lowest BCUT2D eigenvalue weighted by atomic mass is 9.77. The normalized spacial score (nSPS) is 17.9. The molecule has 3 rings (SSSR count). The van der Waals surface area contributed by atoms with E-state index in [2.05, 4.69) is 31.2 Å². The van der Waals surface area contributed by atoms with Gasteiger partial charge in [-0.2, -0.15) is 0 Å². The van der Waals surface area contributed by atoms with Gasteiger partial charge in [0.25, 0.3) is 0 Å². The molecule has 6 heteroatoms. The van der Waals surface area contributed by atoms with Gasteiger partial charge in [0.15, 0.2) is 5.65 Å². The van der Waals surface area contributed by atoms with E-state index in [4.69, 9.17) is 0 Å². The Bertz CT molecular complexity index is 559. The smallest absolute Gasteiger partial charge is 0.155 e. The number of nitrogens with one attached hydrogen (secondary N) is 1. The van der Waals surface area contributed by atoms with Crippen molar-refractivity contribution in [2.24, 2.45) is 0 Å². The fourth-order valence-electron chi connectivity index (χ4n) is 2.32. The molecule has 0 unspecified atom stereocenters. The van der Waals surface area contributed by atoms with Crippen LogP contribution in [0.2, 0.25) is 0 Å². The van der Waals surface area contributed by atoms with Gasteiger partial charge in [0.1, 0.15) is 4.60 Å². The molecule has 2 heterocycles. The van der Waals surface area contributed by atoms with Crippen LogP contribution in [0.4, 0.5) is 0 Å². The van der Waals surface area contributed by atoms with E-state index < -0.39 is 0 Å². The Morgan fingerprint density at radius 2 is 2.22 bits per heavy atom. The minimum absolute atomic E-state index is 0.0750. The molecule has 0 saturated heterocycles. The van der Waals surface area contributed by atoms with Crippen LogP contribution in [0.1, 0.15) is 25.0 Å². The van der Waals surface area contributed by atoms with Crippen molar-refractivity contribution in [3.63, 3.8) is 0 Å². The van der Waals surface area contributed by atoms with Crippen molar-refractivity contribution in [1.29, 1.82) is 0 Å². The predicted molar refractivity (Wildman–Crippen MR) is 71.2 cm³/mol. The van der Waals surface area contributed by atoms with Gasteiger partial charge in [-0.3, -0.25) is 4.40 Å². The molecule has 0 amide bonds. The van der Waals surface area contributed by atoms with Gasteiger partial charge >= 0.3 is 0 Å². The zero-order chi connectivity index (χ0) is 12.6. The Hall–Kier alpha value is -0.980. The molecule has 1 fully saturated rings. The quantitative estimate of drug-likeness (QED) is 0.898. The Labute approximate surface area is 113 Å². The average Bonchev–Trinajstić information content (AvgIpc) is 2.71. The second-order valence-corrected chi connectivity index (χ2v) is 5.65. The highest BCUT2D eigenvalue weighted by atomic mass is 79.9. The van der Waals surface area contributed by atoms with Crippen LogP contribution >= 0.6 is 15.9 Å². The topological polar surface area (TPSA) is 62.5 Å². The van der Waals surface area contributed by atoms with E-state index in [0.29, 0.717) is 6.54 Å². The summed E-state index contributed by atoms with van der Waals surface area (Å²) in [5, 5.41) is 12.9. The molecule has 0 bridgehead atoms. The maximum Gasteiger partial charge on any atom is 0.155 e. The number of nitrogens with zero attached hydrogens (tertiary/aromatic N) is 3. The van der Waals surface area contributed by atoms with E-state index in [1.54, 1.807) is 6.20 Å². The molecule has 18 heavy (non-hydrogen) atoms. The van der Waals surface area contributed by atoms with E-state index in [0.717, 1.165) is 28.8 Å². The van der Waals surface area contributed by atoms with E-state index in [-0.39, 0.29) is 12.1 Å². The number of aliphatic hydroxyl groups excluding tert-OH is 1. The molecule has 0 aromatic carbocycles. The third kappa shape index (κ3) is 2.04. The Morgan fingerprint density at radius 3 is 2.89 bits per heavy atom. The number of imidazole rings is 1. The first-order valence-electron chi connectivity index (χ1n) is 6.06. The highest BCUT2D eigenvalue weighted by molar-refractivity contribution is 9.10. The van der Waals surface area contributed by atoms with Gasteiger partial charge in [0, 0.05) is 18.3 Å². The molecule has 2 aromatic rings. The van der Waals surface area contributed by atoms with Crippen LogP contribution in [0.15, 0.2) is 23.2 Å². The highest BCUT2D eigenvalue weighted by Gasteiger charge is 2.35. The van der Waals surface area contributed by atoms with Crippen molar-refractivity contribution in [3.8, 4) is 0 Å². The summed E-state index contributed by atoms with van der Waals surface area (Å²) in [6, 6.07) is 0. The summed E-state index contributed by atoms with van der Waals surface area (Å²) in [7, 11) is 0. The zero-order valence-electron chi connectivity index (χ0n) is 9.93. The molecule has 1 saturated carbocycles. The van der Waals surface area contributed by atoms with Gasteiger partial charge in [0.05, 0.1) is 24.7 Å². The molecule has 0 aliphatic heterocycles. The summed E-state index contributed by atoms with van der Waals surface area (Å²) in [6.45, 7) is 0.910. The zero-order valence-corrected chi connectivity index (χ0v) is 11.5. The molecule has 0 radical (unpaired) electrons. The average molecular weight is 311 g/mol. The summed E-state index contributed by atoms with van der Waals surface area (Å²) in [5.41, 5.74) is 1.84. The van der Waals surface area contributed by atoms with Crippen LogP contribution in [0, 0.1) is 0 Å². The van der Waals surface area contributed by atoms with Crippen LogP contribution < -0.4 is 5.32 Å². The first kappa shape index (κ1) is 12.1. The Balaban J connectivity index is 1.80. The van der Waals surface area contributed by atoms with E-state index in [1.807, 2.05) is 16.8 Å². The highest BCUT2D eigenvalue weighted by Crippen LogP contribution is 2.31. The number of fused-ring (bicyclic) bond motifs is 1. The maximum atomic E-state index is 9.42. The van der Waals surface area contributed by atoms with E-state index >= 15 is 0 Å². The van der Waals surface area contributed by atoms with Crippen molar-refractivity contribution in [1.82, 2.24) is 19.7 Å². The molecule has 1 aliphatic rings. The minimum Gasteiger partial charge on any atom is -0.394 e. The molecule has 96 valence electrons. The first-order chi connectivity index (χ1) is 8.72. The lowest BCUT2D eigenvalue weighted by molar-refractivity contribution is 0.0868. The van der Waals surface area contributed by atoms with Crippen molar-refractivity contribution in [2.45, 2.75) is 31.3 Å². The Kier molecular flexibility index (Phi) is 3.09. The second-order valence-electron chi connectivity index (χ2n) is 4.83. The van der Waals surface area contributed by atoms with Gasteiger partial charge in [-0.25, -0.2) is 9.97 Å². The van der Waals surface area contributed by atoms with Crippen LogP contribution in [-0.4, -0.2) is 31.6 Å². The number of rotatable bonds is 4. The van der Waals surface area contributed by atoms with Crippen LogP contribution in [0.5, 0.6) is 0 Å². The van der Waals surface area contributed by atoms with Gasteiger partial charge in [0.2, 0.25) is 0 Å². The largest absolute Gasteiger partial charge is 0.394 e. The van der Waals surface area contributed by atoms with Gasteiger partial charge < -0.3 is 10.4 Å². The fraction of sp³-hybridized carbons (Fsp3) is 0.500. The molecule has 1 aliphatic carbocycles. The molecule has 2 N–H and O–H groups in total.